The van der Waals surface area contributed by atoms with Gasteiger partial charge in [-0.1, -0.05) is 0 Å². The number of aromatic nitrogens is 1. The Kier molecular flexibility index (Phi) is 1.45. The lowest BCUT2D eigenvalue weighted by Crippen LogP contribution is -2.29. The van der Waals surface area contributed by atoms with Gasteiger partial charge < -0.3 is 0 Å². The molecule has 1 aromatic heterocycles. The molecule has 1 rings (SSSR count). The van der Waals surface area contributed by atoms with Crippen LogP contribution >= 0.6 is 0 Å². The van der Waals surface area contributed by atoms with Gasteiger partial charge in [-0.3, -0.25) is 9.78 Å². The van der Waals surface area contributed by atoms with Crippen molar-refractivity contribution in [2.24, 2.45) is 0 Å². The zero-order valence-corrected chi connectivity index (χ0v) is 7.40. The van der Waals surface area contributed by atoms with Crippen molar-refractivity contribution in [1.29, 1.82) is 0 Å². The summed E-state index contributed by atoms with van der Waals surface area (Å²) >= 11 is 0. The Labute approximate surface area is 81.5 Å². The number of amides is 1. The van der Waals surface area contributed by atoms with Crippen LogP contribution in [0.1, 0.15) is 15.8 Å². The highest BCUT2D eigenvalue weighted by Gasteiger charge is 2.09. The molecule has 0 aliphatic heterocycles. The number of hydrogen-bond donors (Lipinski definition) is 1. The predicted molar refractivity (Wildman–Crippen MR) is 46.5 cm³/mol. The fourth-order valence-corrected chi connectivity index (χ4v) is 0.996. The van der Waals surface area contributed by atoms with Gasteiger partial charge in [0.25, 0.3) is 5.91 Å². The molecule has 70 valence electrons. The molecule has 13 heavy (non-hydrogen) atoms. The van der Waals surface area contributed by atoms with E-state index in [0.29, 0.717) is 0 Å². The van der Waals surface area contributed by atoms with E-state index in [0.717, 1.165) is 6.26 Å². The molecular formula is C7H8N2O3S. The van der Waals surface area contributed by atoms with Gasteiger partial charge in [-0.15, -0.1) is 0 Å². The summed E-state index contributed by atoms with van der Waals surface area (Å²) in [5.41, 5.74) is -0.642. The van der Waals surface area contributed by atoms with Gasteiger partial charge in [-0.05, 0) is 12.1 Å². The number of carbonyl (C=O) groups is 1. The number of nitrogens with one attached hydrogen (secondary N) is 1. The third-order valence-electron chi connectivity index (χ3n) is 0.972. The van der Waals surface area contributed by atoms with Crippen molar-refractivity contribution in [3.8, 4) is 0 Å². The summed E-state index contributed by atoms with van der Waals surface area (Å²) < 4.78 is 52.3. The lowest BCUT2D eigenvalue weighted by atomic mass is 10.3. The Morgan fingerprint density at radius 3 is 3.00 bits per heavy atom. The minimum absolute atomic E-state index is 0.615. The molecule has 1 amide bonds. The molecule has 0 saturated heterocycles. The minimum atomic E-state index is -3.83. The molecular weight excluding hydrogens is 192 g/mol. The molecule has 1 N–H and O–H groups in total. The second-order valence-electron chi connectivity index (χ2n) is 2.16. The molecule has 0 unspecified atom stereocenters. The molecule has 0 aromatic carbocycles. The first-order chi connectivity index (χ1) is 7.63. The zero-order chi connectivity index (χ0) is 13.4. The van der Waals surface area contributed by atoms with E-state index in [1.807, 2.05) is 0 Å². The van der Waals surface area contributed by atoms with Gasteiger partial charge in [-0.25, -0.2) is 13.1 Å². The van der Waals surface area contributed by atoms with E-state index in [2.05, 4.69) is 4.98 Å². The van der Waals surface area contributed by atoms with E-state index in [1.54, 1.807) is 4.72 Å². The first-order valence-electron chi connectivity index (χ1n) is 5.10. The highest BCUT2D eigenvalue weighted by molar-refractivity contribution is 7.89. The molecule has 0 radical (unpaired) electrons. The first kappa shape index (κ1) is 5.33. The maximum absolute atomic E-state index is 11.5. The number of pyridine rings is 1. The summed E-state index contributed by atoms with van der Waals surface area (Å²) in [7, 11) is -3.83. The maximum atomic E-state index is 11.5. The van der Waals surface area contributed by atoms with Crippen LogP contribution in [0.15, 0.2) is 24.4 Å². The van der Waals surface area contributed by atoms with E-state index in [9.17, 15) is 13.2 Å². The monoisotopic (exact) mass is 204 g/mol. The Hall–Kier alpha value is -1.43. The van der Waals surface area contributed by atoms with Crippen LogP contribution in [0.5, 0.6) is 0 Å². The lowest BCUT2D eigenvalue weighted by Gasteiger charge is -2.00. The van der Waals surface area contributed by atoms with Crippen molar-refractivity contribution in [2.75, 3.05) is 6.26 Å². The van der Waals surface area contributed by atoms with Crippen LogP contribution in [0.2, 0.25) is 0 Å². The van der Waals surface area contributed by atoms with Gasteiger partial charge in [0.15, 0.2) is 0 Å². The van der Waals surface area contributed by atoms with Crippen LogP contribution in [0.25, 0.3) is 0 Å². The standard InChI is InChI=1S/C7H8N2O3S/c1-13(11,12)9-7(10)6-3-2-4-8-5-6/h2-5H,1H3,(H,9,10)/i2D,3D,4D,5D. The van der Waals surface area contributed by atoms with Gasteiger partial charge in [-0.2, -0.15) is 0 Å². The van der Waals surface area contributed by atoms with E-state index in [4.69, 9.17) is 5.48 Å². The number of carbonyl (C=O) groups excluding carboxylic acids is 1. The molecule has 0 atom stereocenters. The second-order valence-corrected chi connectivity index (χ2v) is 3.91. The molecule has 6 heteroatoms. The fraction of sp³-hybridized carbons (Fsp3) is 0.143. The average molecular weight is 204 g/mol. The quantitative estimate of drug-likeness (QED) is 0.722. The van der Waals surface area contributed by atoms with Gasteiger partial charge in [0.1, 0.15) is 0 Å². The molecule has 0 spiro atoms. The van der Waals surface area contributed by atoms with E-state index >= 15 is 0 Å². The largest absolute Gasteiger partial charge is 0.268 e. The Bertz CT molecular complexity index is 587. The minimum Gasteiger partial charge on any atom is -0.268 e. The first-order valence-corrected chi connectivity index (χ1v) is 4.99. The molecule has 0 saturated carbocycles. The molecule has 1 aromatic rings. The number of nitrogens with zero attached hydrogens (tertiary/aromatic N) is 1. The van der Waals surface area contributed by atoms with E-state index in [-0.39, 0.29) is 0 Å². The van der Waals surface area contributed by atoms with E-state index in [1.165, 1.54) is 0 Å². The molecule has 5 nitrogen and oxygen atoms in total. The molecule has 0 aliphatic rings. The number of rotatable bonds is 2. The highest BCUT2D eigenvalue weighted by atomic mass is 32.2. The zero-order valence-electron chi connectivity index (χ0n) is 10.6. The third kappa shape index (κ3) is 3.20. The summed E-state index contributed by atoms with van der Waals surface area (Å²) in [6.07, 6.45) is -0.584. The molecule has 0 aliphatic carbocycles. The molecule has 0 fully saturated rings. The number of hydrogen-bond acceptors (Lipinski definition) is 4. The molecule has 1 heterocycles. The second kappa shape index (κ2) is 3.53. The van der Waals surface area contributed by atoms with Crippen molar-refractivity contribution < 1.29 is 18.7 Å². The topological polar surface area (TPSA) is 76.1 Å². The SMILES string of the molecule is [2H]c1nc([2H])c(C(=O)NS(C)(=O)=O)c([2H])c1[2H]. The Balaban J connectivity index is 3.33. The van der Waals surface area contributed by atoms with Crippen molar-refractivity contribution in [1.82, 2.24) is 9.71 Å². The van der Waals surface area contributed by atoms with Crippen LogP contribution in [0, 0.1) is 0 Å². The van der Waals surface area contributed by atoms with Crippen LogP contribution < -0.4 is 4.72 Å². The smallest absolute Gasteiger partial charge is 0.266 e. The van der Waals surface area contributed by atoms with E-state index < -0.39 is 45.9 Å². The van der Waals surface area contributed by atoms with Gasteiger partial charge in [0, 0.05) is 12.3 Å². The normalized spacial score (nSPS) is 15.2. The number of sulfonamides is 1. The fourth-order valence-electron chi connectivity index (χ4n) is 0.557. The molecule has 0 bridgehead atoms. The third-order valence-corrected chi connectivity index (χ3v) is 1.53. The summed E-state index contributed by atoms with van der Waals surface area (Å²) in [5, 5.41) is 0. The van der Waals surface area contributed by atoms with Crippen LogP contribution in [0.4, 0.5) is 0 Å². The lowest BCUT2D eigenvalue weighted by molar-refractivity contribution is 0.0981. The summed E-state index contributed by atoms with van der Waals surface area (Å²) in [6.45, 7) is 0. The van der Waals surface area contributed by atoms with Gasteiger partial charge >= 0.3 is 0 Å². The predicted octanol–water partition coefficient (Wildman–Crippen LogP) is -0.229. The van der Waals surface area contributed by atoms with Crippen molar-refractivity contribution in [2.45, 2.75) is 0 Å². The summed E-state index contributed by atoms with van der Waals surface area (Å²) in [6, 6.07) is -1.34. The van der Waals surface area contributed by atoms with Crippen molar-refractivity contribution >= 4 is 15.9 Å². The Morgan fingerprint density at radius 1 is 1.69 bits per heavy atom. The summed E-state index contributed by atoms with van der Waals surface area (Å²) in [5.74, 6) is -1.21. The Morgan fingerprint density at radius 2 is 2.38 bits per heavy atom. The van der Waals surface area contributed by atoms with Crippen LogP contribution in [-0.2, 0) is 10.0 Å². The summed E-state index contributed by atoms with van der Waals surface area (Å²) in [4.78, 5) is 14.7. The average Bonchev–Trinajstić information content (AvgIpc) is 2.11. The van der Waals surface area contributed by atoms with Crippen LogP contribution in [-0.4, -0.2) is 25.6 Å². The van der Waals surface area contributed by atoms with Crippen molar-refractivity contribution in [3.63, 3.8) is 0 Å². The van der Waals surface area contributed by atoms with Crippen molar-refractivity contribution in [3.05, 3.63) is 30.0 Å². The van der Waals surface area contributed by atoms with Gasteiger partial charge in [0.2, 0.25) is 10.0 Å². The maximum Gasteiger partial charge on any atom is 0.266 e. The highest BCUT2D eigenvalue weighted by Crippen LogP contribution is 1.95. The van der Waals surface area contributed by atoms with Crippen LogP contribution in [0.3, 0.4) is 0 Å². The van der Waals surface area contributed by atoms with Gasteiger partial charge in [0.05, 0.1) is 17.3 Å².